The molecule has 1 atom stereocenters. The van der Waals surface area contributed by atoms with E-state index in [1.807, 2.05) is 6.07 Å². The van der Waals surface area contributed by atoms with E-state index in [0.717, 1.165) is 28.2 Å². The van der Waals surface area contributed by atoms with E-state index in [4.69, 9.17) is 0 Å². The molecule has 0 bridgehead atoms. The predicted molar refractivity (Wildman–Crippen MR) is 70.0 cm³/mol. The highest BCUT2D eigenvalue weighted by molar-refractivity contribution is 9.10. The Kier molecular flexibility index (Phi) is 4.78. The highest BCUT2D eigenvalue weighted by Gasteiger charge is 2.21. The van der Waals surface area contributed by atoms with Gasteiger partial charge in [-0.05, 0) is 42.0 Å². The predicted octanol–water partition coefficient (Wildman–Crippen LogP) is 4.94. The maximum atomic E-state index is 13.2. The van der Waals surface area contributed by atoms with Crippen molar-refractivity contribution in [3.8, 4) is 0 Å². The number of alkyl halides is 1. The summed E-state index contributed by atoms with van der Waals surface area (Å²) in [6, 6.07) is 5.09. The van der Waals surface area contributed by atoms with Crippen molar-refractivity contribution in [2.75, 3.05) is 5.33 Å². The molecule has 0 spiro atoms. The summed E-state index contributed by atoms with van der Waals surface area (Å²) < 4.78 is 14.0. The van der Waals surface area contributed by atoms with E-state index < -0.39 is 0 Å². The Morgan fingerprint density at radius 3 is 2.47 bits per heavy atom. The van der Waals surface area contributed by atoms with Crippen LogP contribution in [0.25, 0.3) is 0 Å². The Hall–Kier alpha value is 0.110. The quantitative estimate of drug-likeness (QED) is 0.682. The number of hydrogen-bond donors (Lipinski definition) is 0. The van der Waals surface area contributed by atoms with Gasteiger partial charge in [0.15, 0.2) is 0 Å². The average Bonchev–Trinajstić information content (AvgIpc) is 2.16. The molecule has 0 saturated carbocycles. The SMILES string of the molecule is CCC(C)(CBr)Cc1cc(F)cc(Br)c1. The van der Waals surface area contributed by atoms with E-state index >= 15 is 0 Å². The van der Waals surface area contributed by atoms with Gasteiger partial charge in [0.1, 0.15) is 5.82 Å². The molecule has 1 unspecified atom stereocenters. The lowest BCUT2D eigenvalue weighted by Crippen LogP contribution is -2.20. The summed E-state index contributed by atoms with van der Waals surface area (Å²) in [4.78, 5) is 0. The molecule has 0 fully saturated rings. The minimum absolute atomic E-state index is 0.174. The van der Waals surface area contributed by atoms with Crippen molar-refractivity contribution in [1.82, 2.24) is 0 Å². The van der Waals surface area contributed by atoms with Crippen molar-refractivity contribution < 1.29 is 4.39 Å². The van der Waals surface area contributed by atoms with Gasteiger partial charge in [0.2, 0.25) is 0 Å². The topological polar surface area (TPSA) is 0 Å². The second-order valence-electron chi connectivity index (χ2n) is 4.25. The van der Waals surface area contributed by atoms with Gasteiger partial charge in [0.05, 0.1) is 0 Å². The molecule has 1 aromatic carbocycles. The van der Waals surface area contributed by atoms with Crippen molar-refractivity contribution in [3.63, 3.8) is 0 Å². The van der Waals surface area contributed by atoms with E-state index in [1.165, 1.54) is 6.07 Å². The van der Waals surface area contributed by atoms with Crippen molar-refractivity contribution in [1.29, 1.82) is 0 Å². The zero-order valence-corrected chi connectivity index (χ0v) is 12.2. The Balaban J connectivity index is 2.88. The molecule has 0 aliphatic rings. The lowest BCUT2D eigenvalue weighted by Gasteiger charge is -2.25. The van der Waals surface area contributed by atoms with Gasteiger partial charge in [-0.3, -0.25) is 0 Å². The zero-order valence-electron chi connectivity index (χ0n) is 8.99. The maximum Gasteiger partial charge on any atom is 0.124 e. The van der Waals surface area contributed by atoms with Crippen LogP contribution >= 0.6 is 31.9 Å². The molecule has 1 aromatic rings. The van der Waals surface area contributed by atoms with Crippen LogP contribution in [0.1, 0.15) is 25.8 Å². The second kappa shape index (κ2) is 5.44. The summed E-state index contributed by atoms with van der Waals surface area (Å²) in [6.07, 6.45) is 1.97. The van der Waals surface area contributed by atoms with Crippen molar-refractivity contribution in [2.24, 2.45) is 5.41 Å². The van der Waals surface area contributed by atoms with E-state index in [2.05, 4.69) is 45.7 Å². The number of hydrogen-bond acceptors (Lipinski definition) is 0. The minimum Gasteiger partial charge on any atom is -0.207 e. The third-order valence-electron chi connectivity index (χ3n) is 2.73. The van der Waals surface area contributed by atoms with Crippen LogP contribution in [0.5, 0.6) is 0 Å². The minimum atomic E-state index is -0.174. The van der Waals surface area contributed by atoms with Crippen LogP contribution < -0.4 is 0 Å². The van der Waals surface area contributed by atoms with Gasteiger partial charge in [-0.1, -0.05) is 45.7 Å². The van der Waals surface area contributed by atoms with Gasteiger partial charge in [-0.25, -0.2) is 4.39 Å². The molecule has 0 nitrogen and oxygen atoms in total. The first kappa shape index (κ1) is 13.2. The third kappa shape index (κ3) is 3.87. The highest BCUT2D eigenvalue weighted by atomic mass is 79.9. The molecule has 84 valence electrons. The Morgan fingerprint density at radius 2 is 2.00 bits per heavy atom. The standard InChI is InChI=1S/C12H15Br2F/c1-3-12(2,8-13)7-9-4-10(14)6-11(15)5-9/h4-6H,3,7-8H2,1-2H3. The van der Waals surface area contributed by atoms with Crippen LogP contribution in [-0.2, 0) is 6.42 Å². The fourth-order valence-corrected chi connectivity index (χ4v) is 2.58. The van der Waals surface area contributed by atoms with Crippen LogP contribution in [0.3, 0.4) is 0 Å². The van der Waals surface area contributed by atoms with Gasteiger partial charge in [-0.15, -0.1) is 0 Å². The van der Waals surface area contributed by atoms with Crippen LogP contribution in [0.15, 0.2) is 22.7 Å². The summed E-state index contributed by atoms with van der Waals surface area (Å²) in [6.45, 7) is 4.37. The summed E-state index contributed by atoms with van der Waals surface area (Å²) >= 11 is 6.83. The fraction of sp³-hybridized carbons (Fsp3) is 0.500. The fourth-order valence-electron chi connectivity index (χ4n) is 1.47. The molecule has 0 aromatic heterocycles. The average molecular weight is 338 g/mol. The normalized spacial score (nSPS) is 15.0. The second-order valence-corrected chi connectivity index (χ2v) is 5.73. The van der Waals surface area contributed by atoms with E-state index in [-0.39, 0.29) is 11.2 Å². The smallest absolute Gasteiger partial charge is 0.124 e. The van der Waals surface area contributed by atoms with Crippen molar-refractivity contribution in [3.05, 3.63) is 34.1 Å². The summed E-state index contributed by atoms with van der Waals surface area (Å²) in [5.41, 5.74) is 1.25. The molecule has 0 aliphatic carbocycles. The van der Waals surface area contributed by atoms with Gasteiger partial charge < -0.3 is 0 Å². The van der Waals surface area contributed by atoms with E-state index in [1.54, 1.807) is 6.07 Å². The van der Waals surface area contributed by atoms with Crippen LogP contribution in [0.2, 0.25) is 0 Å². The number of benzene rings is 1. The molecule has 15 heavy (non-hydrogen) atoms. The maximum absolute atomic E-state index is 13.2. The molecule has 0 heterocycles. The molecule has 0 saturated heterocycles. The molecule has 3 heteroatoms. The molecule has 0 radical (unpaired) electrons. The monoisotopic (exact) mass is 336 g/mol. The van der Waals surface area contributed by atoms with Gasteiger partial charge in [0, 0.05) is 9.80 Å². The highest BCUT2D eigenvalue weighted by Crippen LogP contribution is 2.29. The molecule has 0 N–H and O–H groups in total. The lowest BCUT2D eigenvalue weighted by molar-refractivity contribution is 0.361. The Bertz CT molecular complexity index is 312. The third-order valence-corrected chi connectivity index (χ3v) is 4.54. The van der Waals surface area contributed by atoms with E-state index in [0.29, 0.717) is 0 Å². The molecular weight excluding hydrogens is 323 g/mol. The first-order valence-electron chi connectivity index (χ1n) is 5.00. The molecular formula is C12H15Br2F. The molecule has 0 aliphatic heterocycles. The van der Waals surface area contributed by atoms with Crippen molar-refractivity contribution >= 4 is 31.9 Å². The lowest BCUT2D eigenvalue weighted by atomic mass is 9.83. The van der Waals surface area contributed by atoms with Gasteiger partial charge in [0.25, 0.3) is 0 Å². The zero-order chi connectivity index (χ0) is 11.5. The van der Waals surface area contributed by atoms with Gasteiger partial charge in [-0.2, -0.15) is 0 Å². The first-order chi connectivity index (χ1) is 6.99. The number of halogens is 3. The molecule has 1 rings (SSSR count). The van der Waals surface area contributed by atoms with Crippen LogP contribution in [0.4, 0.5) is 4.39 Å². The molecule has 0 amide bonds. The largest absolute Gasteiger partial charge is 0.207 e. The summed E-state index contributed by atoms with van der Waals surface area (Å²) in [5, 5.41) is 0.935. The summed E-state index contributed by atoms with van der Waals surface area (Å²) in [7, 11) is 0. The Morgan fingerprint density at radius 1 is 1.33 bits per heavy atom. The first-order valence-corrected chi connectivity index (χ1v) is 6.91. The van der Waals surface area contributed by atoms with Crippen molar-refractivity contribution in [2.45, 2.75) is 26.7 Å². The van der Waals surface area contributed by atoms with E-state index in [9.17, 15) is 4.39 Å². The van der Waals surface area contributed by atoms with Gasteiger partial charge >= 0.3 is 0 Å². The van der Waals surface area contributed by atoms with Crippen LogP contribution in [-0.4, -0.2) is 5.33 Å². The summed E-state index contributed by atoms with van der Waals surface area (Å²) in [5.74, 6) is -0.174. The number of rotatable bonds is 4. The Labute approximate surface area is 108 Å². The van der Waals surface area contributed by atoms with Crippen LogP contribution in [0, 0.1) is 11.2 Å².